The standard InChI is InChI=1S/C22H21N5O4/c1-15-13-17(5-7-20(15)27(29)30)22(28)23-18-4-2-3-16(14-18)19-6-8-21(25-24-19)26-9-11-31-12-10-26/h2-8,13-14H,9-12H2,1H3,(H,23,28). The Morgan fingerprint density at radius 1 is 1.10 bits per heavy atom. The minimum atomic E-state index is -0.466. The molecule has 0 radical (unpaired) electrons. The van der Waals surface area contributed by atoms with Gasteiger partial charge in [0.2, 0.25) is 0 Å². The first-order valence-corrected chi connectivity index (χ1v) is 9.84. The SMILES string of the molecule is Cc1cc(C(=O)Nc2cccc(-c3ccc(N4CCOCC4)nn3)c2)ccc1[N+](=O)[O-]. The first-order valence-electron chi connectivity index (χ1n) is 9.84. The molecule has 31 heavy (non-hydrogen) atoms. The number of carbonyl (C=O) groups excluding carboxylic acids is 1. The molecule has 1 aliphatic heterocycles. The van der Waals surface area contributed by atoms with Crippen LogP contribution in [0.5, 0.6) is 0 Å². The Bertz CT molecular complexity index is 1110. The van der Waals surface area contributed by atoms with Crippen LogP contribution < -0.4 is 10.2 Å². The van der Waals surface area contributed by atoms with Gasteiger partial charge >= 0.3 is 0 Å². The molecule has 0 unspecified atom stereocenters. The molecule has 1 fully saturated rings. The zero-order chi connectivity index (χ0) is 21.8. The molecule has 0 bridgehead atoms. The van der Waals surface area contributed by atoms with Gasteiger partial charge in [-0.05, 0) is 43.3 Å². The lowest BCUT2D eigenvalue weighted by Gasteiger charge is -2.27. The van der Waals surface area contributed by atoms with E-state index in [4.69, 9.17) is 4.74 Å². The van der Waals surface area contributed by atoms with Crippen LogP contribution in [0.1, 0.15) is 15.9 Å². The highest BCUT2D eigenvalue weighted by Crippen LogP contribution is 2.24. The number of nitro groups is 1. The summed E-state index contributed by atoms with van der Waals surface area (Å²) >= 11 is 0. The van der Waals surface area contributed by atoms with Gasteiger partial charge in [-0.1, -0.05) is 12.1 Å². The molecule has 0 aliphatic carbocycles. The van der Waals surface area contributed by atoms with Crippen LogP contribution in [-0.2, 0) is 4.74 Å². The number of nitrogens with one attached hydrogen (secondary N) is 1. The predicted octanol–water partition coefficient (Wildman–Crippen LogP) is 3.45. The Morgan fingerprint density at radius 2 is 1.90 bits per heavy atom. The number of aryl methyl sites for hydroxylation is 1. The molecule has 9 nitrogen and oxygen atoms in total. The molecule has 0 spiro atoms. The largest absolute Gasteiger partial charge is 0.378 e. The molecule has 3 aromatic rings. The van der Waals surface area contributed by atoms with Crippen molar-refractivity contribution in [3.05, 3.63) is 75.8 Å². The van der Waals surface area contributed by atoms with Crippen LogP contribution in [0.2, 0.25) is 0 Å². The van der Waals surface area contributed by atoms with Crippen molar-refractivity contribution in [2.45, 2.75) is 6.92 Å². The van der Waals surface area contributed by atoms with Gasteiger partial charge in [0.05, 0.1) is 23.8 Å². The van der Waals surface area contributed by atoms with Crippen LogP contribution in [0, 0.1) is 17.0 Å². The second-order valence-electron chi connectivity index (χ2n) is 7.17. The van der Waals surface area contributed by atoms with Gasteiger partial charge in [0.25, 0.3) is 11.6 Å². The molecular weight excluding hydrogens is 398 g/mol. The summed E-state index contributed by atoms with van der Waals surface area (Å²) in [5.41, 5.74) is 2.87. The molecule has 1 aromatic heterocycles. The quantitative estimate of drug-likeness (QED) is 0.498. The van der Waals surface area contributed by atoms with E-state index in [1.165, 1.54) is 18.2 Å². The summed E-state index contributed by atoms with van der Waals surface area (Å²) in [5.74, 6) is 0.467. The van der Waals surface area contributed by atoms with Crippen molar-refractivity contribution in [3.63, 3.8) is 0 Å². The fourth-order valence-corrected chi connectivity index (χ4v) is 3.40. The smallest absolute Gasteiger partial charge is 0.272 e. The van der Waals surface area contributed by atoms with Gasteiger partial charge in [-0.2, -0.15) is 0 Å². The number of morpholine rings is 1. The summed E-state index contributed by atoms with van der Waals surface area (Å²) in [7, 11) is 0. The van der Waals surface area contributed by atoms with E-state index in [9.17, 15) is 14.9 Å². The van der Waals surface area contributed by atoms with E-state index in [-0.39, 0.29) is 11.6 Å². The van der Waals surface area contributed by atoms with Crippen molar-refractivity contribution in [3.8, 4) is 11.3 Å². The minimum absolute atomic E-state index is 0.0161. The number of anilines is 2. The van der Waals surface area contributed by atoms with Crippen LogP contribution in [0.15, 0.2) is 54.6 Å². The number of aromatic nitrogens is 2. The monoisotopic (exact) mass is 419 g/mol. The van der Waals surface area contributed by atoms with E-state index in [1.54, 1.807) is 13.0 Å². The van der Waals surface area contributed by atoms with Gasteiger partial charge in [0.1, 0.15) is 0 Å². The number of ether oxygens (including phenoxy) is 1. The Hall–Kier alpha value is -3.85. The average molecular weight is 419 g/mol. The summed E-state index contributed by atoms with van der Waals surface area (Å²) in [6, 6.07) is 15.4. The van der Waals surface area contributed by atoms with Gasteiger partial charge in [-0.25, -0.2) is 0 Å². The highest BCUT2D eigenvalue weighted by molar-refractivity contribution is 6.04. The number of amides is 1. The number of carbonyl (C=O) groups is 1. The molecule has 158 valence electrons. The number of rotatable bonds is 5. The first kappa shape index (κ1) is 20.4. The normalized spacial score (nSPS) is 13.6. The van der Waals surface area contributed by atoms with Crippen LogP contribution in [0.4, 0.5) is 17.2 Å². The lowest BCUT2D eigenvalue weighted by Crippen LogP contribution is -2.36. The van der Waals surface area contributed by atoms with Gasteiger partial charge in [0.15, 0.2) is 5.82 Å². The van der Waals surface area contributed by atoms with Gasteiger partial charge in [-0.15, -0.1) is 10.2 Å². The predicted molar refractivity (Wildman–Crippen MR) is 116 cm³/mol. The van der Waals surface area contributed by atoms with Gasteiger partial charge in [-0.3, -0.25) is 14.9 Å². The summed E-state index contributed by atoms with van der Waals surface area (Å²) in [5, 5.41) is 22.4. The van der Waals surface area contributed by atoms with Crippen molar-refractivity contribution < 1.29 is 14.5 Å². The molecule has 1 N–H and O–H groups in total. The topological polar surface area (TPSA) is 110 Å². The number of hydrogen-bond acceptors (Lipinski definition) is 7. The van der Waals surface area contributed by atoms with Crippen LogP contribution >= 0.6 is 0 Å². The zero-order valence-corrected chi connectivity index (χ0v) is 16.9. The van der Waals surface area contributed by atoms with Crippen molar-refractivity contribution >= 4 is 23.1 Å². The second kappa shape index (κ2) is 8.88. The zero-order valence-electron chi connectivity index (χ0n) is 16.9. The van der Waals surface area contributed by atoms with Crippen molar-refractivity contribution in [1.29, 1.82) is 0 Å². The lowest BCUT2D eigenvalue weighted by molar-refractivity contribution is -0.385. The Balaban J connectivity index is 1.48. The Labute approximate surface area is 178 Å². The van der Waals surface area contributed by atoms with Crippen LogP contribution in [-0.4, -0.2) is 47.3 Å². The molecule has 9 heteroatoms. The third-order valence-electron chi connectivity index (χ3n) is 5.06. The van der Waals surface area contributed by atoms with Crippen molar-refractivity contribution in [1.82, 2.24) is 10.2 Å². The fourth-order valence-electron chi connectivity index (χ4n) is 3.40. The second-order valence-corrected chi connectivity index (χ2v) is 7.17. The summed E-state index contributed by atoms with van der Waals surface area (Å²) in [6.07, 6.45) is 0. The number of benzene rings is 2. The highest BCUT2D eigenvalue weighted by atomic mass is 16.6. The third kappa shape index (κ3) is 4.67. The highest BCUT2D eigenvalue weighted by Gasteiger charge is 2.15. The summed E-state index contributed by atoms with van der Waals surface area (Å²) < 4.78 is 5.36. The van der Waals surface area contributed by atoms with Crippen molar-refractivity contribution in [2.75, 3.05) is 36.5 Å². The van der Waals surface area contributed by atoms with E-state index in [0.717, 1.165) is 24.5 Å². The summed E-state index contributed by atoms with van der Waals surface area (Å²) in [4.78, 5) is 25.2. The van der Waals surface area contributed by atoms with E-state index in [0.29, 0.717) is 35.7 Å². The average Bonchev–Trinajstić information content (AvgIpc) is 2.79. The maximum atomic E-state index is 12.6. The molecule has 2 aromatic carbocycles. The van der Waals surface area contributed by atoms with E-state index < -0.39 is 4.92 Å². The summed E-state index contributed by atoms with van der Waals surface area (Å²) in [6.45, 7) is 4.54. The molecule has 0 atom stereocenters. The molecular formula is C22H21N5O4. The third-order valence-corrected chi connectivity index (χ3v) is 5.06. The van der Waals surface area contributed by atoms with Gasteiger partial charge in [0, 0.05) is 41.5 Å². The number of nitro benzene ring substituents is 1. The van der Waals surface area contributed by atoms with Crippen molar-refractivity contribution in [2.24, 2.45) is 0 Å². The molecule has 2 heterocycles. The number of hydrogen-bond donors (Lipinski definition) is 1. The fraction of sp³-hybridized carbons (Fsp3) is 0.227. The Morgan fingerprint density at radius 3 is 2.58 bits per heavy atom. The molecule has 1 amide bonds. The molecule has 1 saturated heterocycles. The molecule has 0 saturated carbocycles. The first-order chi connectivity index (χ1) is 15.0. The molecule has 4 rings (SSSR count). The van der Waals surface area contributed by atoms with Gasteiger partial charge < -0.3 is 15.0 Å². The maximum Gasteiger partial charge on any atom is 0.272 e. The number of nitrogens with zero attached hydrogens (tertiary/aromatic N) is 4. The lowest BCUT2D eigenvalue weighted by atomic mass is 10.1. The Kier molecular flexibility index (Phi) is 5.85. The van der Waals surface area contributed by atoms with E-state index in [1.807, 2.05) is 30.3 Å². The minimum Gasteiger partial charge on any atom is -0.378 e. The maximum absolute atomic E-state index is 12.6. The van der Waals surface area contributed by atoms with E-state index in [2.05, 4.69) is 20.4 Å². The van der Waals surface area contributed by atoms with Crippen LogP contribution in [0.25, 0.3) is 11.3 Å². The van der Waals surface area contributed by atoms with Crippen LogP contribution in [0.3, 0.4) is 0 Å². The molecule has 1 aliphatic rings. The van der Waals surface area contributed by atoms with E-state index >= 15 is 0 Å².